The molecule has 0 saturated carbocycles. The van der Waals surface area contributed by atoms with Gasteiger partial charge in [-0.05, 0) is 44.9 Å². The Hall–Kier alpha value is -1.87. The molecule has 1 aliphatic heterocycles. The fraction of sp³-hybridized carbons (Fsp3) is 0.854. The van der Waals surface area contributed by atoms with Crippen LogP contribution in [0, 0.1) is 0 Å². The summed E-state index contributed by atoms with van der Waals surface area (Å²) in [5.41, 5.74) is 0. The van der Waals surface area contributed by atoms with Crippen molar-refractivity contribution in [3.05, 3.63) is 24.3 Å². The van der Waals surface area contributed by atoms with Gasteiger partial charge in [0.1, 0.15) is 36.8 Å². The number of hydrogen-bond donors (Lipinski definition) is 4. The van der Waals surface area contributed by atoms with Crippen LogP contribution >= 0.6 is 0 Å². The average molecular weight is 791 g/mol. The summed E-state index contributed by atoms with van der Waals surface area (Å²) >= 11 is 0. The van der Waals surface area contributed by atoms with E-state index in [4.69, 9.17) is 18.9 Å². The Labute approximate surface area is 326 Å². The van der Waals surface area contributed by atoms with Gasteiger partial charge in [-0.2, -0.15) is 8.42 Å². The van der Waals surface area contributed by atoms with Crippen molar-refractivity contribution in [1.82, 2.24) is 0 Å². The second-order valence-corrected chi connectivity index (χ2v) is 16.2. The van der Waals surface area contributed by atoms with Gasteiger partial charge < -0.3 is 34.3 Å². The minimum atomic E-state index is -4.60. The summed E-state index contributed by atoms with van der Waals surface area (Å²) in [5.74, 6) is -1.99. The third-order valence-electron chi connectivity index (χ3n) is 9.53. The Morgan fingerprint density at radius 3 is 1.67 bits per heavy atom. The van der Waals surface area contributed by atoms with Crippen LogP contribution in [0.1, 0.15) is 168 Å². The zero-order valence-corrected chi connectivity index (χ0v) is 34.1. The van der Waals surface area contributed by atoms with Crippen LogP contribution < -0.4 is 0 Å². The summed E-state index contributed by atoms with van der Waals surface area (Å²) < 4.78 is 53.8. The highest BCUT2D eigenvalue weighted by Gasteiger charge is 2.46. The maximum atomic E-state index is 12.7. The highest BCUT2D eigenvalue weighted by Crippen LogP contribution is 2.24. The van der Waals surface area contributed by atoms with E-state index in [2.05, 4.69) is 38.2 Å². The zero-order chi connectivity index (χ0) is 39.9. The third-order valence-corrected chi connectivity index (χ3v) is 10.3. The molecule has 1 heterocycles. The maximum absolute atomic E-state index is 12.7. The number of aliphatic hydroxyl groups is 3. The molecule has 0 bridgehead atoms. The predicted molar refractivity (Wildman–Crippen MR) is 210 cm³/mol. The molecule has 316 valence electrons. The first-order chi connectivity index (χ1) is 26.0. The van der Waals surface area contributed by atoms with Crippen molar-refractivity contribution in [2.24, 2.45) is 0 Å². The van der Waals surface area contributed by atoms with E-state index in [-0.39, 0.29) is 19.4 Å². The zero-order valence-electron chi connectivity index (χ0n) is 33.3. The molecule has 0 radical (unpaired) electrons. The average Bonchev–Trinajstić information content (AvgIpc) is 3.13. The van der Waals surface area contributed by atoms with Crippen LogP contribution in [0.5, 0.6) is 0 Å². The van der Waals surface area contributed by atoms with Crippen LogP contribution in [0.3, 0.4) is 0 Å². The molecule has 0 amide bonds. The number of unbranched alkanes of at least 4 members (excludes halogenated alkanes) is 18. The summed E-state index contributed by atoms with van der Waals surface area (Å²) in [6.45, 7) is 3.68. The molecule has 13 heteroatoms. The minimum absolute atomic E-state index is 0.164. The van der Waals surface area contributed by atoms with Crippen molar-refractivity contribution < 1.29 is 56.8 Å². The van der Waals surface area contributed by atoms with Crippen molar-refractivity contribution in [2.75, 3.05) is 19.0 Å². The van der Waals surface area contributed by atoms with Gasteiger partial charge in [0.2, 0.25) is 0 Å². The van der Waals surface area contributed by atoms with E-state index in [1.807, 2.05) is 0 Å². The minimum Gasteiger partial charge on any atom is -0.462 e. The standard InChI is InChI=1S/C41H74O12S/c1-3-5-7-9-11-13-14-15-16-17-18-19-20-22-23-25-27-29-36(42)50-31-34(52-37(43)30-28-26-24-21-12-10-8-6-4-2)32-51-41-40(46)39(45)38(44)35(53-41)33-54(47,48)49/h11,13,15-16,34-35,38-41,44-46H,3-10,12,14,17-33H2,1-2H3,(H,47,48,49)/b13-11+,16-15+/t34-,35-,38-,39?,40?,41+/m1/s1. The lowest BCUT2D eigenvalue weighted by Gasteiger charge is -2.40. The van der Waals surface area contributed by atoms with E-state index in [0.29, 0.717) is 12.8 Å². The lowest BCUT2D eigenvalue weighted by Crippen LogP contribution is -2.60. The van der Waals surface area contributed by atoms with Gasteiger partial charge in [0.25, 0.3) is 10.1 Å². The van der Waals surface area contributed by atoms with E-state index in [1.54, 1.807) is 0 Å². The molecule has 2 unspecified atom stereocenters. The number of esters is 2. The fourth-order valence-corrected chi connectivity index (χ4v) is 6.93. The van der Waals surface area contributed by atoms with E-state index in [1.165, 1.54) is 70.6 Å². The molecule has 1 fully saturated rings. The molecule has 1 saturated heterocycles. The Kier molecular flexibility index (Phi) is 29.9. The molecule has 0 spiro atoms. The number of rotatable bonds is 34. The van der Waals surface area contributed by atoms with E-state index in [0.717, 1.165) is 57.8 Å². The highest BCUT2D eigenvalue weighted by molar-refractivity contribution is 7.85. The SMILES string of the molecule is CCCCC/C=C/C/C=C/CCCCCCCCCC(=O)OC[C@H](CO[C@H]1O[C@H](CS(=O)(=O)O)[C@@H](O)C(O)C1O)OC(=O)CCCCCCCCCCC. The van der Waals surface area contributed by atoms with E-state index < -0.39 is 71.2 Å². The molecule has 0 aromatic carbocycles. The van der Waals surface area contributed by atoms with Crippen LogP contribution in [-0.2, 0) is 38.7 Å². The molecular formula is C41H74O12S. The summed E-state index contributed by atoms with van der Waals surface area (Å²) in [7, 11) is -4.60. The van der Waals surface area contributed by atoms with Gasteiger partial charge in [-0.1, -0.05) is 134 Å². The van der Waals surface area contributed by atoms with Crippen molar-refractivity contribution >= 4 is 22.1 Å². The van der Waals surface area contributed by atoms with Crippen molar-refractivity contribution in [3.8, 4) is 0 Å². The summed E-state index contributed by atoms with van der Waals surface area (Å²) in [6, 6.07) is 0. The van der Waals surface area contributed by atoms with Gasteiger partial charge >= 0.3 is 11.9 Å². The molecule has 0 aromatic heterocycles. The maximum Gasteiger partial charge on any atom is 0.306 e. The largest absolute Gasteiger partial charge is 0.462 e. The molecule has 6 atom stereocenters. The van der Waals surface area contributed by atoms with Crippen molar-refractivity contribution in [2.45, 2.75) is 205 Å². The van der Waals surface area contributed by atoms with Crippen molar-refractivity contribution in [1.29, 1.82) is 0 Å². The van der Waals surface area contributed by atoms with Gasteiger partial charge in [-0.3, -0.25) is 14.1 Å². The van der Waals surface area contributed by atoms with E-state index in [9.17, 15) is 37.9 Å². The lowest BCUT2D eigenvalue weighted by molar-refractivity contribution is -0.297. The second-order valence-electron chi connectivity index (χ2n) is 14.7. The molecule has 1 aliphatic rings. The fourth-order valence-electron chi connectivity index (χ4n) is 6.24. The molecule has 0 aromatic rings. The Balaban J connectivity index is 2.45. The first-order valence-corrected chi connectivity index (χ1v) is 22.5. The number of carbonyl (C=O) groups excluding carboxylic acids is 2. The van der Waals surface area contributed by atoms with Gasteiger partial charge in [0, 0.05) is 12.8 Å². The predicted octanol–water partition coefficient (Wildman–Crippen LogP) is 7.67. The first-order valence-electron chi connectivity index (χ1n) is 20.9. The molecular weight excluding hydrogens is 717 g/mol. The summed E-state index contributed by atoms with van der Waals surface area (Å²) in [5, 5.41) is 30.8. The Bertz CT molecular complexity index is 1110. The Morgan fingerprint density at radius 2 is 1.11 bits per heavy atom. The molecule has 54 heavy (non-hydrogen) atoms. The molecule has 1 rings (SSSR count). The van der Waals surface area contributed by atoms with Gasteiger partial charge in [0.15, 0.2) is 12.4 Å². The van der Waals surface area contributed by atoms with E-state index >= 15 is 0 Å². The van der Waals surface area contributed by atoms with Crippen LogP contribution in [-0.4, -0.2) is 96.0 Å². The second kappa shape index (κ2) is 32.2. The quantitative estimate of drug-likeness (QED) is 0.0216. The van der Waals surface area contributed by atoms with Gasteiger partial charge in [-0.15, -0.1) is 0 Å². The lowest BCUT2D eigenvalue weighted by atomic mass is 10.00. The monoisotopic (exact) mass is 790 g/mol. The topological polar surface area (TPSA) is 186 Å². The van der Waals surface area contributed by atoms with Crippen LogP contribution in [0.4, 0.5) is 0 Å². The van der Waals surface area contributed by atoms with Gasteiger partial charge in [-0.25, -0.2) is 0 Å². The van der Waals surface area contributed by atoms with Crippen molar-refractivity contribution in [3.63, 3.8) is 0 Å². The van der Waals surface area contributed by atoms with Crippen LogP contribution in [0.2, 0.25) is 0 Å². The number of ether oxygens (including phenoxy) is 4. The van der Waals surface area contributed by atoms with Gasteiger partial charge in [0.05, 0.1) is 6.61 Å². The number of allylic oxidation sites excluding steroid dienone is 4. The molecule has 4 N–H and O–H groups in total. The summed E-state index contributed by atoms with van der Waals surface area (Å²) in [4.78, 5) is 25.2. The summed E-state index contributed by atoms with van der Waals surface area (Å²) in [6.07, 6.45) is 23.8. The number of aliphatic hydroxyl groups excluding tert-OH is 3. The smallest absolute Gasteiger partial charge is 0.306 e. The number of hydrogen-bond acceptors (Lipinski definition) is 11. The number of carbonyl (C=O) groups is 2. The highest BCUT2D eigenvalue weighted by atomic mass is 32.2. The van der Waals surface area contributed by atoms with Crippen LogP contribution in [0.25, 0.3) is 0 Å². The molecule has 0 aliphatic carbocycles. The molecule has 12 nitrogen and oxygen atoms in total. The first kappa shape index (κ1) is 50.1. The van der Waals surface area contributed by atoms with Crippen LogP contribution in [0.15, 0.2) is 24.3 Å². The third kappa shape index (κ3) is 26.9. The Morgan fingerprint density at radius 1 is 0.630 bits per heavy atom. The normalized spacial score (nSPS) is 21.2.